The van der Waals surface area contributed by atoms with Gasteiger partial charge in [0.2, 0.25) is 0 Å². The quantitative estimate of drug-likeness (QED) is 0.851. The Hall–Kier alpha value is -1.90. The molecule has 0 atom stereocenters. The molecule has 1 aliphatic rings. The third-order valence-corrected chi connectivity index (χ3v) is 3.97. The first-order valence-electron chi connectivity index (χ1n) is 7.44. The minimum Gasteiger partial charge on any atom is -0.328 e. The van der Waals surface area contributed by atoms with E-state index in [4.69, 9.17) is 4.98 Å². The number of imidazole rings is 1. The van der Waals surface area contributed by atoms with Gasteiger partial charge in [0.05, 0.1) is 11.0 Å². The van der Waals surface area contributed by atoms with E-state index < -0.39 is 0 Å². The van der Waals surface area contributed by atoms with Gasteiger partial charge in [0.15, 0.2) is 5.78 Å². The summed E-state index contributed by atoms with van der Waals surface area (Å²) >= 11 is 0. The largest absolute Gasteiger partial charge is 0.328 e. The zero-order valence-electron chi connectivity index (χ0n) is 11.9. The molecular formula is C17H20N2O. The van der Waals surface area contributed by atoms with E-state index in [2.05, 4.69) is 23.6 Å². The first-order chi connectivity index (χ1) is 9.78. The Bertz CT molecular complexity index is 667. The summed E-state index contributed by atoms with van der Waals surface area (Å²) in [6, 6.07) is 8.24. The summed E-state index contributed by atoms with van der Waals surface area (Å²) in [4.78, 5) is 16.5. The maximum absolute atomic E-state index is 11.7. The average Bonchev–Trinajstić information content (AvgIpc) is 2.66. The lowest BCUT2D eigenvalue weighted by atomic mass is 10.1. The SMILES string of the molecule is CCn1c(CC2=CC(=O)CCCC2)nc2ccccc21. The van der Waals surface area contributed by atoms with Crippen LogP contribution in [0.1, 0.15) is 38.4 Å². The maximum Gasteiger partial charge on any atom is 0.155 e. The highest BCUT2D eigenvalue weighted by Crippen LogP contribution is 2.22. The molecule has 20 heavy (non-hydrogen) atoms. The second-order valence-electron chi connectivity index (χ2n) is 5.41. The Kier molecular flexibility index (Phi) is 3.68. The number of nitrogens with zero attached hydrogens (tertiary/aromatic N) is 2. The summed E-state index contributed by atoms with van der Waals surface area (Å²) in [5.41, 5.74) is 3.47. The predicted molar refractivity (Wildman–Crippen MR) is 80.7 cm³/mol. The zero-order chi connectivity index (χ0) is 13.9. The number of hydrogen-bond donors (Lipinski definition) is 0. The number of fused-ring (bicyclic) bond motifs is 1. The van der Waals surface area contributed by atoms with Gasteiger partial charge in [-0.1, -0.05) is 17.7 Å². The number of ketones is 1. The number of hydrogen-bond acceptors (Lipinski definition) is 2. The standard InChI is InChI=1S/C17H20N2O/c1-2-19-16-10-6-5-9-15(16)18-17(19)12-13-7-3-4-8-14(20)11-13/h5-6,9-11H,2-4,7-8,12H2,1H3. The third-order valence-electron chi connectivity index (χ3n) is 3.97. The molecule has 0 N–H and O–H groups in total. The van der Waals surface area contributed by atoms with E-state index in [9.17, 15) is 4.79 Å². The van der Waals surface area contributed by atoms with E-state index in [0.29, 0.717) is 6.42 Å². The molecule has 0 unspecified atom stereocenters. The summed E-state index contributed by atoms with van der Waals surface area (Å²) < 4.78 is 2.26. The maximum atomic E-state index is 11.7. The van der Waals surface area contributed by atoms with E-state index >= 15 is 0 Å². The van der Waals surface area contributed by atoms with Gasteiger partial charge in [0.1, 0.15) is 5.82 Å². The molecular weight excluding hydrogens is 248 g/mol. The van der Waals surface area contributed by atoms with Crippen molar-refractivity contribution in [2.45, 2.75) is 45.6 Å². The van der Waals surface area contributed by atoms with Crippen LogP contribution in [-0.2, 0) is 17.8 Å². The van der Waals surface area contributed by atoms with Gasteiger partial charge in [-0.15, -0.1) is 0 Å². The highest BCUT2D eigenvalue weighted by Gasteiger charge is 2.13. The Labute approximate surface area is 119 Å². The van der Waals surface area contributed by atoms with Crippen molar-refractivity contribution in [2.75, 3.05) is 0 Å². The van der Waals surface area contributed by atoms with Crippen LogP contribution in [0.2, 0.25) is 0 Å². The molecule has 3 heteroatoms. The Morgan fingerprint density at radius 2 is 2.00 bits per heavy atom. The fourth-order valence-corrected chi connectivity index (χ4v) is 2.98. The lowest BCUT2D eigenvalue weighted by molar-refractivity contribution is -0.114. The molecule has 0 fully saturated rings. The van der Waals surface area contributed by atoms with Crippen LogP contribution in [0, 0.1) is 0 Å². The average molecular weight is 268 g/mol. The summed E-state index contributed by atoms with van der Waals surface area (Å²) in [6.45, 7) is 3.06. The van der Waals surface area contributed by atoms with Crippen molar-refractivity contribution in [1.82, 2.24) is 9.55 Å². The Balaban J connectivity index is 1.95. The molecule has 1 aromatic heterocycles. The minimum atomic E-state index is 0.275. The van der Waals surface area contributed by atoms with Crippen LogP contribution in [0.15, 0.2) is 35.9 Å². The Morgan fingerprint density at radius 1 is 1.20 bits per heavy atom. The lowest BCUT2D eigenvalue weighted by Crippen LogP contribution is -2.04. The van der Waals surface area contributed by atoms with E-state index in [-0.39, 0.29) is 5.78 Å². The van der Waals surface area contributed by atoms with Crippen LogP contribution in [0.25, 0.3) is 11.0 Å². The van der Waals surface area contributed by atoms with Crippen LogP contribution in [0.3, 0.4) is 0 Å². The van der Waals surface area contributed by atoms with Crippen molar-refractivity contribution >= 4 is 16.8 Å². The monoisotopic (exact) mass is 268 g/mol. The van der Waals surface area contributed by atoms with Crippen molar-refractivity contribution in [3.8, 4) is 0 Å². The summed E-state index contributed by atoms with van der Waals surface area (Å²) in [5, 5.41) is 0. The molecule has 0 saturated heterocycles. The van der Waals surface area contributed by atoms with Gasteiger partial charge < -0.3 is 4.57 Å². The van der Waals surface area contributed by atoms with Crippen molar-refractivity contribution in [2.24, 2.45) is 0 Å². The topological polar surface area (TPSA) is 34.9 Å². The van der Waals surface area contributed by atoms with Gasteiger partial charge >= 0.3 is 0 Å². The highest BCUT2D eigenvalue weighted by atomic mass is 16.1. The molecule has 1 aliphatic carbocycles. The van der Waals surface area contributed by atoms with Crippen molar-refractivity contribution in [3.63, 3.8) is 0 Å². The molecule has 3 rings (SSSR count). The van der Waals surface area contributed by atoms with Gasteiger partial charge in [-0.25, -0.2) is 4.98 Å². The van der Waals surface area contributed by atoms with Gasteiger partial charge in [-0.2, -0.15) is 0 Å². The highest BCUT2D eigenvalue weighted by molar-refractivity contribution is 5.90. The zero-order valence-corrected chi connectivity index (χ0v) is 11.9. The number of para-hydroxylation sites is 2. The van der Waals surface area contributed by atoms with Gasteiger partial charge in [0, 0.05) is 19.4 Å². The number of allylic oxidation sites excluding steroid dienone is 2. The first-order valence-corrected chi connectivity index (χ1v) is 7.44. The number of rotatable bonds is 3. The van der Waals surface area contributed by atoms with E-state index in [1.807, 2.05) is 18.2 Å². The summed E-state index contributed by atoms with van der Waals surface area (Å²) in [5.74, 6) is 1.35. The fraction of sp³-hybridized carbons (Fsp3) is 0.412. The number of aromatic nitrogens is 2. The molecule has 0 saturated carbocycles. The molecule has 1 aromatic carbocycles. The van der Waals surface area contributed by atoms with E-state index in [1.165, 1.54) is 11.1 Å². The number of carbonyl (C=O) groups excluding carboxylic acids is 1. The molecule has 2 aromatic rings. The number of benzene rings is 1. The number of carbonyl (C=O) groups is 1. The van der Waals surface area contributed by atoms with Crippen molar-refractivity contribution in [3.05, 3.63) is 41.7 Å². The smallest absolute Gasteiger partial charge is 0.155 e. The van der Waals surface area contributed by atoms with Crippen LogP contribution < -0.4 is 0 Å². The summed E-state index contributed by atoms with van der Waals surface area (Å²) in [6.07, 6.45) is 6.51. The molecule has 0 aliphatic heterocycles. The number of aryl methyl sites for hydroxylation is 1. The second kappa shape index (κ2) is 5.61. The van der Waals surface area contributed by atoms with Crippen LogP contribution in [0.5, 0.6) is 0 Å². The third kappa shape index (κ3) is 2.53. The van der Waals surface area contributed by atoms with Crippen LogP contribution in [-0.4, -0.2) is 15.3 Å². The van der Waals surface area contributed by atoms with Crippen LogP contribution >= 0.6 is 0 Å². The molecule has 3 nitrogen and oxygen atoms in total. The van der Waals surface area contributed by atoms with E-state index in [1.54, 1.807) is 0 Å². The Morgan fingerprint density at radius 3 is 2.85 bits per heavy atom. The molecule has 0 amide bonds. The molecule has 0 bridgehead atoms. The molecule has 1 heterocycles. The lowest BCUT2D eigenvalue weighted by Gasteiger charge is -2.08. The molecule has 0 spiro atoms. The first kappa shape index (κ1) is 13.1. The summed E-state index contributed by atoms with van der Waals surface area (Å²) in [7, 11) is 0. The van der Waals surface area contributed by atoms with Crippen molar-refractivity contribution in [1.29, 1.82) is 0 Å². The van der Waals surface area contributed by atoms with Gasteiger partial charge in [0.25, 0.3) is 0 Å². The fourth-order valence-electron chi connectivity index (χ4n) is 2.98. The van der Waals surface area contributed by atoms with Gasteiger partial charge in [-0.05, 0) is 44.4 Å². The minimum absolute atomic E-state index is 0.275. The molecule has 0 radical (unpaired) electrons. The van der Waals surface area contributed by atoms with Crippen molar-refractivity contribution < 1.29 is 4.79 Å². The normalized spacial score (nSPS) is 16.2. The predicted octanol–water partition coefficient (Wildman–Crippen LogP) is 3.67. The van der Waals surface area contributed by atoms with E-state index in [0.717, 1.165) is 43.6 Å². The molecule has 104 valence electrons. The van der Waals surface area contributed by atoms with Crippen LogP contribution in [0.4, 0.5) is 0 Å². The van der Waals surface area contributed by atoms with Gasteiger partial charge in [-0.3, -0.25) is 4.79 Å². The second-order valence-corrected chi connectivity index (χ2v) is 5.41.